The van der Waals surface area contributed by atoms with Crippen LogP contribution < -0.4 is 15.4 Å². The Morgan fingerprint density at radius 3 is 2.68 bits per heavy atom. The monoisotopic (exact) mass is 375 g/mol. The number of rotatable bonds is 7. The molecular weight excluding hydrogens is 350 g/mol. The van der Waals surface area contributed by atoms with Crippen LogP contribution in [0, 0.1) is 13.8 Å². The van der Waals surface area contributed by atoms with Gasteiger partial charge in [-0.3, -0.25) is 9.78 Å². The highest BCUT2D eigenvalue weighted by Crippen LogP contribution is 2.19. The zero-order valence-electron chi connectivity index (χ0n) is 16.5. The molecule has 0 saturated carbocycles. The SMILES string of the molecule is COc1ccccc1CCNc1cncc(C(=O)Nc2ccc(C)cc2C)c1. The van der Waals surface area contributed by atoms with Gasteiger partial charge < -0.3 is 15.4 Å². The molecule has 144 valence electrons. The van der Waals surface area contributed by atoms with Crippen molar-refractivity contribution in [2.24, 2.45) is 0 Å². The number of hydrogen-bond acceptors (Lipinski definition) is 4. The number of amides is 1. The predicted octanol–water partition coefficient (Wildman–Crippen LogP) is 4.61. The van der Waals surface area contributed by atoms with E-state index in [4.69, 9.17) is 4.74 Å². The summed E-state index contributed by atoms with van der Waals surface area (Å²) < 4.78 is 5.38. The topological polar surface area (TPSA) is 63.2 Å². The average Bonchev–Trinajstić information content (AvgIpc) is 2.70. The molecule has 0 saturated heterocycles. The number of methoxy groups -OCH3 is 1. The van der Waals surface area contributed by atoms with Gasteiger partial charge in [0.1, 0.15) is 5.75 Å². The van der Waals surface area contributed by atoms with Crippen LogP contribution in [0.25, 0.3) is 0 Å². The molecular formula is C23H25N3O2. The lowest BCUT2D eigenvalue weighted by atomic mass is 10.1. The lowest BCUT2D eigenvalue weighted by molar-refractivity contribution is 0.102. The fourth-order valence-corrected chi connectivity index (χ4v) is 3.06. The van der Waals surface area contributed by atoms with Crippen molar-refractivity contribution in [1.82, 2.24) is 4.98 Å². The first-order chi connectivity index (χ1) is 13.6. The number of nitrogens with one attached hydrogen (secondary N) is 2. The van der Waals surface area contributed by atoms with Gasteiger partial charge >= 0.3 is 0 Å². The second-order valence-electron chi connectivity index (χ2n) is 6.72. The molecule has 5 nitrogen and oxygen atoms in total. The average molecular weight is 375 g/mol. The van der Waals surface area contributed by atoms with Gasteiger partial charge in [0.25, 0.3) is 5.91 Å². The quantitative estimate of drug-likeness (QED) is 0.633. The molecule has 1 heterocycles. The van der Waals surface area contributed by atoms with Gasteiger partial charge in [-0.25, -0.2) is 0 Å². The molecule has 0 aliphatic rings. The lowest BCUT2D eigenvalue weighted by Gasteiger charge is -2.11. The van der Waals surface area contributed by atoms with Crippen LogP contribution in [-0.2, 0) is 6.42 Å². The highest BCUT2D eigenvalue weighted by atomic mass is 16.5. The molecule has 28 heavy (non-hydrogen) atoms. The Balaban J connectivity index is 1.62. The molecule has 1 amide bonds. The molecule has 0 radical (unpaired) electrons. The summed E-state index contributed by atoms with van der Waals surface area (Å²) in [5, 5.41) is 6.28. The van der Waals surface area contributed by atoms with Crippen LogP contribution in [-0.4, -0.2) is 24.5 Å². The maximum atomic E-state index is 12.6. The maximum Gasteiger partial charge on any atom is 0.257 e. The van der Waals surface area contributed by atoms with E-state index in [1.165, 1.54) is 5.56 Å². The summed E-state index contributed by atoms with van der Waals surface area (Å²) in [5.41, 5.74) is 5.47. The fourth-order valence-electron chi connectivity index (χ4n) is 3.06. The smallest absolute Gasteiger partial charge is 0.257 e. The van der Waals surface area contributed by atoms with Crippen molar-refractivity contribution in [2.45, 2.75) is 20.3 Å². The number of para-hydroxylation sites is 1. The van der Waals surface area contributed by atoms with E-state index in [1.54, 1.807) is 19.5 Å². The maximum absolute atomic E-state index is 12.6. The molecule has 0 atom stereocenters. The number of aromatic nitrogens is 1. The molecule has 2 N–H and O–H groups in total. The summed E-state index contributed by atoms with van der Waals surface area (Å²) in [4.78, 5) is 16.8. The molecule has 0 aliphatic heterocycles. The first-order valence-electron chi connectivity index (χ1n) is 9.26. The van der Waals surface area contributed by atoms with Crippen molar-refractivity contribution in [2.75, 3.05) is 24.3 Å². The largest absolute Gasteiger partial charge is 0.496 e. The minimum atomic E-state index is -0.173. The Labute approximate surface area is 165 Å². The van der Waals surface area contributed by atoms with E-state index in [2.05, 4.69) is 15.6 Å². The molecule has 0 bridgehead atoms. The third kappa shape index (κ3) is 4.88. The zero-order chi connectivity index (χ0) is 19.9. The lowest BCUT2D eigenvalue weighted by Crippen LogP contribution is -2.14. The Bertz CT molecular complexity index is 970. The van der Waals surface area contributed by atoms with Crippen molar-refractivity contribution in [3.05, 3.63) is 83.2 Å². The summed E-state index contributed by atoms with van der Waals surface area (Å²) in [5.74, 6) is 0.705. The highest BCUT2D eigenvalue weighted by Gasteiger charge is 2.09. The summed E-state index contributed by atoms with van der Waals surface area (Å²) >= 11 is 0. The number of carbonyl (C=O) groups excluding carboxylic acids is 1. The minimum Gasteiger partial charge on any atom is -0.496 e. The van der Waals surface area contributed by atoms with E-state index in [-0.39, 0.29) is 5.91 Å². The predicted molar refractivity (Wildman–Crippen MR) is 113 cm³/mol. The van der Waals surface area contributed by atoms with Crippen molar-refractivity contribution in [3.8, 4) is 5.75 Å². The second kappa shape index (κ2) is 9.04. The van der Waals surface area contributed by atoms with Crippen molar-refractivity contribution >= 4 is 17.3 Å². The van der Waals surface area contributed by atoms with Crippen LogP contribution in [0.1, 0.15) is 27.0 Å². The standard InChI is InChI=1S/C23H25N3O2/c1-16-8-9-21(17(2)12-16)26-23(27)19-13-20(15-24-14-19)25-11-10-18-6-4-5-7-22(18)28-3/h4-9,12-15,25H,10-11H2,1-3H3,(H,26,27). The van der Waals surface area contributed by atoms with Crippen LogP contribution in [0.2, 0.25) is 0 Å². The van der Waals surface area contributed by atoms with Crippen molar-refractivity contribution in [3.63, 3.8) is 0 Å². The first-order valence-corrected chi connectivity index (χ1v) is 9.26. The Kier molecular flexibility index (Phi) is 6.27. The van der Waals surface area contributed by atoms with Crippen LogP contribution in [0.15, 0.2) is 60.9 Å². The van der Waals surface area contributed by atoms with E-state index in [0.29, 0.717) is 12.1 Å². The molecule has 3 rings (SSSR count). The van der Waals surface area contributed by atoms with E-state index in [1.807, 2.05) is 62.4 Å². The molecule has 0 aliphatic carbocycles. The molecule has 0 spiro atoms. The number of anilines is 2. The van der Waals surface area contributed by atoms with E-state index < -0.39 is 0 Å². The van der Waals surface area contributed by atoms with E-state index >= 15 is 0 Å². The molecule has 5 heteroatoms. The van der Waals surface area contributed by atoms with E-state index in [0.717, 1.165) is 34.7 Å². The van der Waals surface area contributed by atoms with Gasteiger partial charge in [0, 0.05) is 24.6 Å². The van der Waals surface area contributed by atoms with Crippen LogP contribution >= 0.6 is 0 Å². The fraction of sp³-hybridized carbons (Fsp3) is 0.217. The number of aryl methyl sites for hydroxylation is 2. The highest BCUT2D eigenvalue weighted by molar-refractivity contribution is 6.04. The summed E-state index contributed by atoms with van der Waals surface area (Å²) in [6.45, 7) is 4.73. The first kappa shape index (κ1) is 19.4. The van der Waals surface area contributed by atoms with Crippen LogP contribution in [0.3, 0.4) is 0 Å². The third-order valence-electron chi connectivity index (χ3n) is 4.55. The van der Waals surface area contributed by atoms with Crippen LogP contribution in [0.4, 0.5) is 11.4 Å². The summed E-state index contributed by atoms with van der Waals surface area (Å²) in [6, 6.07) is 15.7. The van der Waals surface area contributed by atoms with Gasteiger partial charge in [-0.05, 0) is 49.6 Å². The van der Waals surface area contributed by atoms with Crippen LogP contribution in [0.5, 0.6) is 5.75 Å². The van der Waals surface area contributed by atoms with Crippen molar-refractivity contribution in [1.29, 1.82) is 0 Å². The van der Waals surface area contributed by atoms with Gasteiger partial charge in [-0.2, -0.15) is 0 Å². The molecule has 0 unspecified atom stereocenters. The number of pyridine rings is 1. The zero-order valence-corrected chi connectivity index (χ0v) is 16.5. The number of ether oxygens (including phenoxy) is 1. The Hall–Kier alpha value is -3.34. The minimum absolute atomic E-state index is 0.173. The summed E-state index contributed by atoms with van der Waals surface area (Å²) in [7, 11) is 1.67. The van der Waals surface area contributed by atoms with Crippen molar-refractivity contribution < 1.29 is 9.53 Å². The molecule has 3 aromatic rings. The van der Waals surface area contributed by atoms with E-state index in [9.17, 15) is 4.79 Å². The Morgan fingerprint density at radius 2 is 1.89 bits per heavy atom. The molecule has 1 aromatic heterocycles. The number of nitrogens with zero attached hydrogens (tertiary/aromatic N) is 1. The van der Waals surface area contributed by atoms with Gasteiger partial charge in [-0.1, -0.05) is 35.9 Å². The molecule has 0 fully saturated rings. The van der Waals surface area contributed by atoms with Gasteiger partial charge in [0.05, 0.1) is 18.4 Å². The summed E-state index contributed by atoms with van der Waals surface area (Å²) in [6.07, 6.45) is 4.10. The van der Waals surface area contributed by atoms with Gasteiger partial charge in [0.15, 0.2) is 0 Å². The third-order valence-corrected chi connectivity index (χ3v) is 4.55. The normalized spacial score (nSPS) is 10.4. The second-order valence-corrected chi connectivity index (χ2v) is 6.72. The number of benzene rings is 2. The Morgan fingerprint density at radius 1 is 1.07 bits per heavy atom. The number of hydrogen-bond donors (Lipinski definition) is 2. The van der Waals surface area contributed by atoms with Gasteiger partial charge in [0.2, 0.25) is 0 Å². The van der Waals surface area contributed by atoms with Gasteiger partial charge in [-0.15, -0.1) is 0 Å². The number of carbonyl (C=O) groups is 1. The molecule has 2 aromatic carbocycles.